The molecule has 4 nitrogen and oxygen atoms in total. The van der Waals surface area contributed by atoms with Gasteiger partial charge in [0, 0.05) is 0 Å². The number of rotatable bonds is 6. The lowest BCUT2D eigenvalue weighted by Gasteiger charge is -2.29. The Morgan fingerprint density at radius 2 is 2.10 bits per heavy atom. The van der Waals surface area contributed by atoms with Gasteiger partial charge in [-0.05, 0) is 25.5 Å². The zero-order valence-corrected chi connectivity index (χ0v) is 13.1. The fraction of sp³-hybridized carbons (Fsp3) is 0.375. The van der Waals surface area contributed by atoms with Crippen LogP contribution in [0.5, 0.6) is 0 Å². The molecular weight excluding hydrogens is 284 g/mol. The van der Waals surface area contributed by atoms with E-state index in [0.29, 0.717) is 11.6 Å². The molecule has 1 heterocycles. The van der Waals surface area contributed by atoms with Crippen LogP contribution < -0.4 is 5.32 Å². The summed E-state index contributed by atoms with van der Waals surface area (Å²) in [6, 6.07) is 12.2. The predicted octanol–water partition coefficient (Wildman–Crippen LogP) is 3.26. The van der Waals surface area contributed by atoms with Crippen LogP contribution in [-0.2, 0) is 12.1 Å². The predicted molar refractivity (Wildman–Crippen MR) is 84.0 cm³/mol. The third kappa shape index (κ3) is 3.26. The number of hydrogen-bond acceptors (Lipinski definition) is 3. The topological polar surface area (TPSA) is 53.6 Å². The zero-order valence-electron chi connectivity index (χ0n) is 12.3. The first-order chi connectivity index (χ1) is 10.1. The van der Waals surface area contributed by atoms with Gasteiger partial charge < -0.3 is 0 Å². The minimum absolute atomic E-state index is 0.423. The van der Waals surface area contributed by atoms with Gasteiger partial charge in [-0.2, -0.15) is 10.4 Å². The number of hydrogen-bond donors (Lipinski definition) is 1. The van der Waals surface area contributed by atoms with Crippen molar-refractivity contribution < 1.29 is 0 Å². The monoisotopic (exact) mass is 302 g/mol. The standard InChI is InChI=1S/C16H19ClN4/c1-3-9-19-16(11-18,14-7-5-4-6-8-14)12-21-13(2)15(17)10-20-21/h4-8,10,19H,3,9,12H2,1-2H3. The summed E-state index contributed by atoms with van der Waals surface area (Å²) in [5.41, 5.74) is 0.995. The van der Waals surface area contributed by atoms with E-state index in [-0.39, 0.29) is 0 Å². The molecular formula is C16H19ClN4. The van der Waals surface area contributed by atoms with Crippen LogP contribution in [0.4, 0.5) is 0 Å². The average molecular weight is 303 g/mol. The van der Waals surface area contributed by atoms with Crippen LogP contribution in [0.15, 0.2) is 36.5 Å². The maximum absolute atomic E-state index is 9.83. The Balaban J connectivity index is 2.40. The molecule has 0 fully saturated rings. The van der Waals surface area contributed by atoms with Gasteiger partial charge in [0.25, 0.3) is 0 Å². The molecule has 0 aliphatic carbocycles. The van der Waals surface area contributed by atoms with Gasteiger partial charge in [-0.25, -0.2) is 0 Å². The minimum Gasteiger partial charge on any atom is -0.294 e. The van der Waals surface area contributed by atoms with Crippen molar-refractivity contribution in [1.29, 1.82) is 5.26 Å². The molecule has 1 aromatic carbocycles. The van der Waals surface area contributed by atoms with Crippen molar-refractivity contribution in [2.24, 2.45) is 0 Å². The summed E-state index contributed by atoms with van der Waals surface area (Å²) in [6.45, 7) is 5.17. The Kier molecular flexibility index (Phi) is 5.00. The van der Waals surface area contributed by atoms with Gasteiger partial charge in [-0.3, -0.25) is 10.00 Å². The summed E-state index contributed by atoms with van der Waals surface area (Å²) < 4.78 is 1.78. The van der Waals surface area contributed by atoms with Gasteiger partial charge in [0.15, 0.2) is 5.54 Å². The fourth-order valence-corrected chi connectivity index (χ4v) is 2.40. The Morgan fingerprint density at radius 1 is 1.38 bits per heavy atom. The number of nitriles is 1. The zero-order chi connectivity index (χ0) is 15.3. The highest BCUT2D eigenvalue weighted by Gasteiger charge is 2.33. The summed E-state index contributed by atoms with van der Waals surface area (Å²) in [5.74, 6) is 0. The Hall–Kier alpha value is -1.83. The fourth-order valence-electron chi connectivity index (χ4n) is 2.26. The molecule has 1 N–H and O–H groups in total. The van der Waals surface area contributed by atoms with E-state index in [4.69, 9.17) is 11.6 Å². The first-order valence-electron chi connectivity index (χ1n) is 7.02. The quantitative estimate of drug-likeness (QED) is 0.891. The number of benzene rings is 1. The SMILES string of the molecule is CCCNC(C#N)(Cn1ncc(Cl)c1C)c1ccccc1. The van der Waals surface area contributed by atoms with Gasteiger partial charge in [0.1, 0.15) is 0 Å². The lowest BCUT2D eigenvalue weighted by atomic mass is 9.91. The molecule has 0 aliphatic rings. The van der Waals surface area contributed by atoms with Crippen molar-refractivity contribution in [3.63, 3.8) is 0 Å². The summed E-state index contributed by atoms with van der Waals surface area (Å²) in [5, 5.41) is 18.1. The van der Waals surface area contributed by atoms with Crippen molar-refractivity contribution in [2.45, 2.75) is 32.4 Å². The van der Waals surface area contributed by atoms with E-state index < -0.39 is 5.54 Å². The third-order valence-electron chi connectivity index (χ3n) is 3.56. The van der Waals surface area contributed by atoms with E-state index in [9.17, 15) is 5.26 Å². The largest absolute Gasteiger partial charge is 0.294 e. The van der Waals surface area contributed by atoms with Crippen molar-refractivity contribution >= 4 is 11.6 Å². The molecule has 1 aromatic heterocycles. The van der Waals surface area contributed by atoms with Crippen molar-refractivity contribution in [2.75, 3.05) is 6.54 Å². The molecule has 2 aromatic rings. The smallest absolute Gasteiger partial charge is 0.152 e. The first-order valence-corrected chi connectivity index (χ1v) is 7.40. The van der Waals surface area contributed by atoms with Gasteiger partial charge >= 0.3 is 0 Å². The van der Waals surface area contributed by atoms with Crippen LogP contribution >= 0.6 is 11.6 Å². The molecule has 5 heteroatoms. The second-order valence-corrected chi connectivity index (χ2v) is 5.45. The summed E-state index contributed by atoms with van der Waals surface area (Å²) >= 11 is 6.07. The molecule has 1 unspecified atom stereocenters. The van der Waals surface area contributed by atoms with E-state index in [1.165, 1.54) is 0 Å². The maximum Gasteiger partial charge on any atom is 0.152 e. The lowest BCUT2D eigenvalue weighted by Crippen LogP contribution is -2.45. The summed E-state index contributed by atoms with van der Waals surface area (Å²) in [7, 11) is 0. The van der Waals surface area contributed by atoms with Crippen molar-refractivity contribution in [1.82, 2.24) is 15.1 Å². The van der Waals surface area contributed by atoms with E-state index >= 15 is 0 Å². The number of aromatic nitrogens is 2. The summed E-state index contributed by atoms with van der Waals surface area (Å²) in [4.78, 5) is 0. The van der Waals surface area contributed by atoms with Crippen LogP contribution in [0.1, 0.15) is 24.6 Å². The lowest BCUT2D eigenvalue weighted by molar-refractivity contribution is 0.348. The van der Waals surface area contributed by atoms with Crippen molar-refractivity contribution in [3.05, 3.63) is 52.8 Å². The number of halogens is 1. The molecule has 0 radical (unpaired) electrons. The van der Waals surface area contributed by atoms with E-state index in [1.54, 1.807) is 10.9 Å². The van der Waals surface area contributed by atoms with E-state index in [2.05, 4.69) is 23.4 Å². The minimum atomic E-state index is -0.808. The molecule has 0 saturated heterocycles. The van der Waals surface area contributed by atoms with Crippen molar-refractivity contribution in [3.8, 4) is 6.07 Å². The van der Waals surface area contributed by atoms with Crippen LogP contribution in [0.25, 0.3) is 0 Å². The van der Waals surface area contributed by atoms with Crippen LogP contribution in [0, 0.1) is 18.3 Å². The molecule has 0 bridgehead atoms. The highest BCUT2D eigenvalue weighted by atomic mass is 35.5. The molecule has 0 spiro atoms. The van der Waals surface area contributed by atoms with Crippen LogP contribution in [-0.4, -0.2) is 16.3 Å². The van der Waals surface area contributed by atoms with Crippen LogP contribution in [0.2, 0.25) is 5.02 Å². The second-order valence-electron chi connectivity index (χ2n) is 5.05. The molecule has 0 saturated carbocycles. The summed E-state index contributed by atoms with van der Waals surface area (Å²) in [6.07, 6.45) is 2.57. The molecule has 2 rings (SSSR count). The first kappa shape index (κ1) is 15.6. The van der Waals surface area contributed by atoms with Gasteiger partial charge in [-0.15, -0.1) is 0 Å². The average Bonchev–Trinajstić information content (AvgIpc) is 2.84. The normalized spacial score (nSPS) is 13.6. The third-order valence-corrected chi connectivity index (χ3v) is 3.94. The highest BCUT2D eigenvalue weighted by Crippen LogP contribution is 2.25. The van der Waals surface area contributed by atoms with Gasteiger partial charge in [0.05, 0.1) is 29.5 Å². The van der Waals surface area contributed by atoms with E-state index in [0.717, 1.165) is 24.2 Å². The van der Waals surface area contributed by atoms with Crippen LogP contribution in [0.3, 0.4) is 0 Å². The molecule has 1 atom stereocenters. The molecule has 0 aliphatic heterocycles. The van der Waals surface area contributed by atoms with E-state index in [1.807, 2.05) is 37.3 Å². The Morgan fingerprint density at radius 3 is 2.62 bits per heavy atom. The molecule has 21 heavy (non-hydrogen) atoms. The maximum atomic E-state index is 9.83. The van der Waals surface area contributed by atoms with Gasteiger partial charge in [0.2, 0.25) is 0 Å². The molecule has 0 amide bonds. The number of nitrogens with zero attached hydrogens (tertiary/aromatic N) is 3. The second kappa shape index (κ2) is 6.75. The number of nitrogens with one attached hydrogen (secondary N) is 1. The van der Waals surface area contributed by atoms with Gasteiger partial charge in [-0.1, -0.05) is 48.9 Å². The highest BCUT2D eigenvalue weighted by molar-refractivity contribution is 6.31. The molecule has 110 valence electrons. The Labute approximate surface area is 130 Å². The Bertz CT molecular complexity index is 629.